The van der Waals surface area contributed by atoms with Gasteiger partial charge >= 0.3 is 0 Å². The summed E-state index contributed by atoms with van der Waals surface area (Å²) in [5.74, 6) is 2.59. The van der Waals surface area contributed by atoms with Crippen LogP contribution in [-0.2, 0) is 11.3 Å². The molecule has 6 rings (SSSR count). The van der Waals surface area contributed by atoms with Crippen LogP contribution < -0.4 is 0 Å². The number of carbonyl (C=O) groups excluding carboxylic acids is 1. The van der Waals surface area contributed by atoms with Crippen molar-refractivity contribution in [3.8, 4) is 0 Å². The minimum Gasteiger partial charge on any atom is -0.390 e. The van der Waals surface area contributed by atoms with Crippen LogP contribution in [0.1, 0.15) is 78.6 Å². The Morgan fingerprint density at radius 2 is 1.85 bits per heavy atom. The molecule has 2 unspecified atom stereocenters. The fraction of sp³-hybridized carbons (Fsp3) is 0.750. The molecule has 8 atom stereocenters. The Morgan fingerprint density at radius 3 is 2.68 bits per heavy atom. The van der Waals surface area contributed by atoms with Crippen LogP contribution in [0.5, 0.6) is 0 Å². The number of aromatic nitrogens is 3. The Balaban J connectivity index is 1.22. The highest BCUT2D eigenvalue weighted by Crippen LogP contribution is 2.68. The van der Waals surface area contributed by atoms with Crippen molar-refractivity contribution in [2.24, 2.45) is 40.4 Å². The minimum atomic E-state index is -0.500. The summed E-state index contributed by atoms with van der Waals surface area (Å²) in [4.78, 5) is 13.6. The number of Topliss-reactive ketones (excluding diaryl/α,β-unsaturated/α-hetero) is 1. The first-order chi connectivity index (χ1) is 16.1. The molecule has 4 aliphatic carbocycles. The number of aliphatic hydroxyl groups is 1. The van der Waals surface area contributed by atoms with Gasteiger partial charge in [0, 0.05) is 12.0 Å². The second-order valence-electron chi connectivity index (χ2n) is 12.9. The van der Waals surface area contributed by atoms with Crippen molar-refractivity contribution in [1.82, 2.24) is 15.0 Å². The van der Waals surface area contributed by atoms with Crippen LogP contribution in [0.3, 0.4) is 0 Å². The molecule has 1 N–H and O–H groups in total. The number of halogens is 1. The van der Waals surface area contributed by atoms with Crippen molar-refractivity contribution in [1.29, 1.82) is 0 Å². The van der Waals surface area contributed by atoms with E-state index in [9.17, 15) is 14.3 Å². The van der Waals surface area contributed by atoms with E-state index in [0.29, 0.717) is 34.2 Å². The Kier molecular flexibility index (Phi) is 5.05. The molecule has 4 aliphatic rings. The summed E-state index contributed by atoms with van der Waals surface area (Å²) >= 11 is 0. The molecule has 2 aromatic rings. The molecule has 4 fully saturated rings. The smallest absolute Gasteiger partial charge is 0.157 e. The molecule has 4 saturated carbocycles. The predicted octanol–water partition coefficient (Wildman–Crippen LogP) is 5.55. The van der Waals surface area contributed by atoms with Crippen LogP contribution in [0.4, 0.5) is 4.39 Å². The molecule has 0 saturated heterocycles. The number of hydrogen-bond acceptors (Lipinski definition) is 4. The first-order valence-corrected chi connectivity index (χ1v) is 13.3. The van der Waals surface area contributed by atoms with Crippen LogP contribution >= 0.6 is 0 Å². The average Bonchev–Trinajstić information content (AvgIpc) is 3.34. The first kappa shape index (κ1) is 22.6. The summed E-state index contributed by atoms with van der Waals surface area (Å²) in [5.41, 5.74) is 1.10. The lowest BCUT2D eigenvalue weighted by Gasteiger charge is -2.61. The number of benzene rings is 1. The summed E-state index contributed by atoms with van der Waals surface area (Å²) in [5, 5.41) is 19.0. The molecule has 34 heavy (non-hydrogen) atoms. The second kappa shape index (κ2) is 7.59. The highest BCUT2D eigenvalue weighted by Gasteiger charge is 2.61. The zero-order chi connectivity index (χ0) is 23.9. The summed E-state index contributed by atoms with van der Waals surface area (Å²) in [6.45, 7) is 7.09. The molecule has 1 aromatic heterocycles. The van der Waals surface area contributed by atoms with Gasteiger partial charge in [-0.3, -0.25) is 4.79 Å². The summed E-state index contributed by atoms with van der Waals surface area (Å²) in [7, 11) is 0. The van der Waals surface area contributed by atoms with E-state index in [-0.39, 0.29) is 29.5 Å². The largest absolute Gasteiger partial charge is 0.390 e. The molecule has 1 aromatic carbocycles. The van der Waals surface area contributed by atoms with Crippen LogP contribution in [0.2, 0.25) is 0 Å². The van der Waals surface area contributed by atoms with E-state index in [1.54, 1.807) is 10.7 Å². The van der Waals surface area contributed by atoms with Gasteiger partial charge in [-0.15, -0.1) is 5.10 Å². The van der Waals surface area contributed by atoms with Gasteiger partial charge in [0.2, 0.25) is 0 Å². The quantitative estimate of drug-likeness (QED) is 0.643. The molecule has 0 spiro atoms. The normalized spacial score (nSPS) is 43.9. The monoisotopic (exact) mass is 467 g/mol. The molecule has 0 amide bonds. The summed E-state index contributed by atoms with van der Waals surface area (Å²) in [6, 6.07) is 4.43. The van der Waals surface area contributed by atoms with E-state index >= 15 is 0 Å². The molecule has 1 heterocycles. The first-order valence-electron chi connectivity index (χ1n) is 13.3. The maximum Gasteiger partial charge on any atom is 0.157 e. The van der Waals surface area contributed by atoms with Gasteiger partial charge < -0.3 is 5.11 Å². The lowest BCUT2D eigenvalue weighted by molar-refractivity contribution is -0.151. The number of carbonyl (C=O) groups is 1. The molecule has 0 radical (unpaired) electrons. The van der Waals surface area contributed by atoms with Crippen molar-refractivity contribution in [3.05, 3.63) is 24.0 Å². The third kappa shape index (κ3) is 3.30. The summed E-state index contributed by atoms with van der Waals surface area (Å²) in [6.07, 6.45) is 9.87. The van der Waals surface area contributed by atoms with E-state index in [1.165, 1.54) is 31.4 Å². The Morgan fingerprint density at radius 1 is 1.06 bits per heavy atom. The van der Waals surface area contributed by atoms with Gasteiger partial charge in [0.05, 0.1) is 11.1 Å². The molecule has 0 aliphatic heterocycles. The van der Waals surface area contributed by atoms with Crippen molar-refractivity contribution in [3.63, 3.8) is 0 Å². The zero-order valence-electron chi connectivity index (χ0n) is 20.8. The van der Waals surface area contributed by atoms with E-state index in [4.69, 9.17) is 0 Å². The van der Waals surface area contributed by atoms with E-state index < -0.39 is 5.60 Å². The van der Waals surface area contributed by atoms with Crippen LogP contribution in [0.15, 0.2) is 18.2 Å². The average molecular weight is 468 g/mol. The highest BCUT2D eigenvalue weighted by molar-refractivity contribution is 5.84. The number of rotatable bonds is 3. The lowest BCUT2D eigenvalue weighted by atomic mass is 9.44. The Labute approximate surface area is 201 Å². The van der Waals surface area contributed by atoms with E-state index in [0.717, 1.165) is 44.4 Å². The number of ketones is 1. The lowest BCUT2D eigenvalue weighted by Crippen LogP contribution is -2.55. The van der Waals surface area contributed by atoms with Gasteiger partial charge in [-0.1, -0.05) is 19.1 Å². The van der Waals surface area contributed by atoms with E-state index in [1.807, 2.05) is 6.92 Å². The van der Waals surface area contributed by atoms with Crippen LogP contribution in [0, 0.1) is 46.2 Å². The minimum absolute atomic E-state index is 0.0449. The van der Waals surface area contributed by atoms with Crippen molar-refractivity contribution in [2.45, 2.75) is 90.7 Å². The highest BCUT2D eigenvalue weighted by atomic mass is 19.1. The van der Waals surface area contributed by atoms with Crippen LogP contribution in [-0.4, -0.2) is 31.5 Å². The molecule has 6 heteroatoms. The van der Waals surface area contributed by atoms with Crippen molar-refractivity contribution in [2.75, 3.05) is 0 Å². The van der Waals surface area contributed by atoms with Gasteiger partial charge in [-0.2, -0.15) is 0 Å². The fourth-order valence-corrected chi connectivity index (χ4v) is 9.27. The van der Waals surface area contributed by atoms with Gasteiger partial charge in [-0.05, 0) is 111 Å². The Hall–Kier alpha value is -1.82. The number of hydrogen-bond donors (Lipinski definition) is 1. The molecular formula is C28H38FN3O2. The maximum absolute atomic E-state index is 13.8. The second-order valence-corrected chi connectivity index (χ2v) is 12.9. The van der Waals surface area contributed by atoms with Crippen molar-refractivity contribution < 1.29 is 14.3 Å². The van der Waals surface area contributed by atoms with Crippen LogP contribution in [0.25, 0.3) is 11.0 Å². The summed E-state index contributed by atoms with van der Waals surface area (Å²) < 4.78 is 15.4. The Bertz CT molecular complexity index is 1130. The SMILES string of the molecule is CC1(O)CC[C@@]2(C)C(CC[C@H]3[C@@H]4CC[C@H](C(=O)Cn5nnc6ccc(F)cc65)[C@@]4(C)CC[C@@H]32)C1. The van der Waals surface area contributed by atoms with E-state index in [2.05, 4.69) is 24.2 Å². The number of nitrogens with zero attached hydrogens (tertiary/aromatic N) is 3. The third-order valence-corrected chi connectivity index (χ3v) is 11.1. The van der Waals surface area contributed by atoms with Gasteiger partial charge in [0.1, 0.15) is 17.9 Å². The zero-order valence-corrected chi connectivity index (χ0v) is 20.8. The predicted molar refractivity (Wildman–Crippen MR) is 128 cm³/mol. The van der Waals surface area contributed by atoms with Gasteiger partial charge in [-0.25, -0.2) is 9.07 Å². The topological polar surface area (TPSA) is 68.0 Å². The molecule has 5 nitrogen and oxygen atoms in total. The molecular weight excluding hydrogens is 429 g/mol. The molecule has 184 valence electrons. The maximum atomic E-state index is 13.8. The van der Waals surface area contributed by atoms with Gasteiger partial charge in [0.15, 0.2) is 5.78 Å². The van der Waals surface area contributed by atoms with Gasteiger partial charge in [0.25, 0.3) is 0 Å². The standard InChI is InChI=1S/C28H38FN3O2/c1-26(34)12-13-27(2)17(15-26)4-6-19-20-7-8-22(28(20,3)11-10-21(19)27)25(33)16-32-24-14-18(29)5-9-23(24)30-31-32/h5,9,14,17,19-22,34H,4,6-8,10-13,15-16H2,1-3H3/t17?,19-,20-,21-,22+,26?,27-,28-/m0/s1. The fourth-order valence-electron chi connectivity index (χ4n) is 9.27. The third-order valence-electron chi connectivity index (χ3n) is 11.1. The number of fused-ring (bicyclic) bond motifs is 6. The molecule has 0 bridgehead atoms. The van der Waals surface area contributed by atoms with Crippen molar-refractivity contribution >= 4 is 16.8 Å².